The maximum atomic E-state index is 5.81. The molecule has 0 saturated heterocycles. The second-order valence-corrected chi connectivity index (χ2v) is 6.81. The first-order chi connectivity index (χ1) is 9.61. The van der Waals surface area contributed by atoms with Crippen LogP contribution in [0.2, 0.25) is 0 Å². The van der Waals surface area contributed by atoms with Gasteiger partial charge in [-0.3, -0.25) is 0 Å². The summed E-state index contributed by atoms with van der Waals surface area (Å²) in [5, 5.41) is 0. The van der Waals surface area contributed by atoms with Crippen molar-refractivity contribution in [2.75, 3.05) is 42.7 Å². The average molecular weight is 282 g/mol. The molecule has 0 bridgehead atoms. The monoisotopic (exact) mass is 282 g/mol. The number of ether oxygens (including phenoxy) is 6. The highest BCUT2D eigenvalue weighted by molar-refractivity contribution is 6.08. The Morgan fingerprint density at radius 3 is 0.600 bits per heavy atom. The molecule has 8 saturated carbocycles. The molecule has 20 heavy (non-hydrogen) atoms. The summed E-state index contributed by atoms with van der Waals surface area (Å²) in [6, 6.07) is 0. The second-order valence-electron chi connectivity index (χ2n) is 6.81. The summed E-state index contributed by atoms with van der Waals surface area (Å²) in [7, 11) is 10.4. The maximum absolute atomic E-state index is 5.81. The van der Waals surface area contributed by atoms with E-state index in [1.165, 1.54) is 0 Å². The molecule has 0 radical (unpaired) electrons. The molecule has 0 heterocycles. The lowest BCUT2D eigenvalue weighted by molar-refractivity contribution is 0.0972. The molecule has 8 fully saturated rings. The van der Waals surface area contributed by atoms with Crippen LogP contribution in [0.3, 0.4) is 0 Å². The van der Waals surface area contributed by atoms with Gasteiger partial charge in [-0.25, -0.2) is 0 Å². The van der Waals surface area contributed by atoms with E-state index in [9.17, 15) is 0 Å². The van der Waals surface area contributed by atoms with Crippen molar-refractivity contribution >= 4 is 0 Å². The molecule has 110 valence electrons. The van der Waals surface area contributed by atoms with Gasteiger partial charge in [0, 0.05) is 42.7 Å². The van der Waals surface area contributed by atoms with Crippen LogP contribution in [0.1, 0.15) is 0 Å². The lowest BCUT2D eigenvalue weighted by Gasteiger charge is -1.89. The molecule has 0 aromatic heterocycles. The molecule has 0 aliphatic heterocycles. The molecule has 8 aliphatic carbocycles. The third kappa shape index (κ3) is 0.354. The van der Waals surface area contributed by atoms with Crippen LogP contribution >= 0.6 is 0 Å². The fourth-order valence-electron chi connectivity index (χ4n) is 7.85. The van der Waals surface area contributed by atoms with Crippen LogP contribution in [-0.4, -0.2) is 76.3 Å². The first kappa shape index (κ1) is 11.3. The highest BCUT2D eigenvalue weighted by Gasteiger charge is 3.61. The van der Waals surface area contributed by atoms with Gasteiger partial charge in [-0.1, -0.05) is 0 Å². The van der Waals surface area contributed by atoms with Crippen molar-refractivity contribution in [2.24, 2.45) is 10.8 Å². The summed E-state index contributed by atoms with van der Waals surface area (Å²) < 4.78 is 34.9. The van der Waals surface area contributed by atoms with Gasteiger partial charge in [-0.2, -0.15) is 0 Å². The largest absolute Gasteiger partial charge is 0.371 e. The minimum atomic E-state index is -0.322. The second kappa shape index (κ2) is 2.05. The Hall–Kier alpha value is -0.240. The predicted octanol–water partition coefficient (Wildman–Crippen LogP) is -0.648. The standard InChI is InChI=1S/C14H18O6/c1-15-9-7(10(9,16-2)11(7,9)17-3)8-12(18-4)13(8,19-5)14(8,12)20-6/h1-6H3. The molecule has 0 aromatic rings. The molecular formula is C14H18O6. The highest BCUT2D eigenvalue weighted by Crippen LogP contribution is 3.38. The first-order valence-corrected chi connectivity index (χ1v) is 6.92. The van der Waals surface area contributed by atoms with Crippen LogP contribution in [0.5, 0.6) is 0 Å². The number of hydrogen-bond donors (Lipinski definition) is 0. The van der Waals surface area contributed by atoms with Gasteiger partial charge < -0.3 is 28.4 Å². The van der Waals surface area contributed by atoms with E-state index in [4.69, 9.17) is 28.4 Å². The Morgan fingerprint density at radius 2 is 0.500 bits per heavy atom. The van der Waals surface area contributed by atoms with E-state index < -0.39 is 0 Å². The number of hydrogen-bond acceptors (Lipinski definition) is 6. The number of methoxy groups -OCH3 is 6. The van der Waals surface area contributed by atoms with E-state index in [0.717, 1.165) is 0 Å². The van der Waals surface area contributed by atoms with E-state index >= 15 is 0 Å². The SMILES string of the molecule is COC12C3(OC)C1(OC)C23C12C3(OC)C1(OC)C32OC. The summed E-state index contributed by atoms with van der Waals surface area (Å²) in [5.41, 5.74) is -2.24. The Morgan fingerprint density at radius 1 is 0.350 bits per heavy atom. The van der Waals surface area contributed by atoms with E-state index in [0.29, 0.717) is 0 Å². The lowest BCUT2D eigenvalue weighted by Crippen LogP contribution is -1.98. The molecule has 0 aromatic carbocycles. The van der Waals surface area contributed by atoms with Gasteiger partial charge in [-0.05, 0) is 0 Å². The van der Waals surface area contributed by atoms with Crippen LogP contribution in [0.4, 0.5) is 0 Å². The Labute approximate surface area is 116 Å². The zero-order valence-corrected chi connectivity index (χ0v) is 12.4. The zero-order valence-electron chi connectivity index (χ0n) is 12.4. The van der Waals surface area contributed by atoms with Gasteiger partial charge in [0.1, 0.15) is 33.6 Å². The summed E-state index contributed by atoms with van der Waals surface area (Å²) in [5.74, 6) is 0. The van der Waals surface area contributed by atoms with Crippen molar-refractivity contribution in [3.05, 3.63) is 0 Å². The predicted molar refractivity (Wildman–Crippen MR) is 63.3 cm³/mol. The fourth-order valence-corrected chi connectivity index (χ4v) is 7.85. The first-order valence-electron chi connectivity index (χ1n) is 6.92. The summed E-state index contributed by atoms with van der Waals surface area (Å²) in [4.78, 5) is 0. The Bertz CT molecular complexity index is 476. The van der Waals surface area contributed by atoms with E-state index in [2.05, 4.69) is 0 Å². The normalized spacial score (nSPS) is 81.3. The highest BCUT2D eigenvalue weighted by atomic mass is 16.7. The summed E-state index contributed by atoms with van der Waals surface area (Å²) >= 11 is 0. The molecule has 6 heteroatoms. The van der Waals surface area contributed by atoms with E-state index in [1.807, 2.05) is 0 Å². The molecule has 0 amide bonds. The minimum absolute atomic E-state index is 0.153. The van der Waals surface area contributed by atoms with Crippen LogP contribution in [0, 0.1) is 10.8 Å². The van der Waals surface area contributed by atoms with Crippen molar-refractivity contribution in [1.29, 1.82) is 0 Å². The maximum Gasteiger partial charge on any atom is 0.145 e. The lowest BCUT2D eigenvalue weighted by atomic mass is 10.2. The van der Waals surface area contributed by atoms with Crippen molar-refractivity contribution in [3.8, 4) is 0 Å². The fraction of sp³-hybridized carbons (Fsp3) is 1.00. The molecule has 0 spiro atoms. The third-order valence-electron chi connectivity index (χ3n) is 8.04. The molecule has 8 rings (SSSR count). The van der Waals surface area contributed by atoms with Crippen molar-refractivity contribution in [1.82, 2.24) is 0 Å². The van der Waals surface area contributed by atoms with Gasteiger partial charge in [0.2, 0.25) is 0 Å². The van der Waals surface area contributed by atoms with Gasteiger partial charge in [0.25, 0.3) is 0 Å². The molecule has 0 N–H and O–H groups in total. The Kier molecular flexibility index (Phi) is 1.16. The van der Waals surface area contributed by atoms with Crippen LogP contribution in [0.25, 0.3) is 0 Å². The van der Waals surface area contributed by atoms with Crippen LogP contribution < -0.4 is 0 Å². The number of rotatable bonds is 7. The summed E-state index contributed by atoms with van der Waals surface area (Å²) in [6.45, 7) is 0. The topological polar surface area (TPSA) is 55.4 Å². The third-order valence-corrected chi connectivity index (χ3v) is 8.04. The molecule has 0 atom stereocenters. The molecule has 8 aliphatic rings. The van der Waals surface area contributed by atoms with Crippen LogP contribution in [-0.2, 0) is 28.4 Å². The van der Waals surface area contributed by atoms with E-state index in [1.54, 1.807) is 42.7 Å². The molecule has 6 nitrogen and oxygen atoms in total. The van der Waals surface area contributed by atoms with Gasteiger partial charge in [0.05, 0.1) is 10.8 Å². The van der Waals surface area contributed by atoms with Crippen molar-refractivity contribution in [2.45, 2.75) is 33.6 Å². The van der Waals surface area contributed by atoms with Crippen molar-refractivity contribution < 1.29 is 28.4 Å². The quantitative estimate of drug-likeness (QED) is 0.619. The zero-order chi connectivity index (χ0) is 14.2. The molecule has 0 unspecified atom stereocenters. The van der Waals surface area contributed by atoms with Gasteiger partial charge in [0.15, 0.2) is 0 Å². The summed E-state index contributed by atoms with van der Waals surface area (Å²) in [6.07, 6.45) is 0. The van der Waals surface area contributed by atoms with Crippen LogP contribution in [0.15, 0.2) is 0 Å². The minimum Gasteiger partial charge on any atom is -0.371 e. The van der Waals surface area contributed by atoms with Gasteiger partial charge >= 0.3 is 0 Å². The smallest absolute Gasteiger partial charge is 0.145 e. The Balaban J connectivity index is 1.53. The molecular weight excluding hydrogens is 264 g/mol. The van der Waals surface area contributed by atoms with Gasteiger partial charge in [-0.15, -0.1) is 0 Å². The van der Waals surface area contributed by atoms with Crippen molar-refractivity contribution in [3.63, 3.8) is 0 Å². The van der Waals surface area contributed by atoms with E-state index in [-0.39, 0.29) is 44.4 Å². The average Bonchev–Trinajstić information content (AvgIpc) is 3.35.